The van der Waals surface area contributed by atoms with E-state index in [0.29, 0.717) is 0 Å². The molecule has 0 nitrogen and oxygen atoms in total. The number of halogens is 1. The molecule has 2 rings (SSSR count). The van der Waals surface area contributed by atoms with Crippen LogP contribution in [0.25, 0.3) is 10.1 Å². The smallest absolute Gasteiger partial charge is 0.0987 e. The summed E-state index contributed by atoms with van der Waals surface area (Å²) >= 11 is 5.59. The summed E-state index contributed by atoms with van der Waals surface area (Å²) in [6.07, 6.45) is 0. The zero-order chi connectivity index (χ0) is 12.5. The Bertz CT molecular complexity index is 506. The van der Waals surface area contributed by atoms with Crippen LogP contribution in [0, 0.1) is 0 Å². The van der Waals surface area contributed by atoms with Crippen molar-refractivity contribution < 1.29 is 0 Å². The van der Waals surface area contributed by atoms with E-state index in [1.165, 1.54) is 32.7 Å². The average molecular weight is 327 g/mol. The normalized spacial score (nSPS) is 12.2. The van der Waals surface area contributed by atoms with Crippen molar-refractivity contribution in [3.63, 3.8) is 0 Å². The highest BCUT2D eigenvalue weighted by molar-refractivity contribution is 9.10. The highest BCUT2D eigenvalue weighted by Crippen LogP contribution is 2.29. The number of rotatable bonds is 4. The molecule has 0 aliphatic carbocycles. The van der Waals surface area contributed by atoms with E-state index in [1.54, 1.807) is 4.50 Å². The lowest BCUT2D eigenvalue weighted by Gasteiger charge is -2.26. The quantitative estimate of drug-likeness (QED) is 0.661. The fraction of sp³-hybridized carbons (Fsp3) is 0.429. The zero-order valence-electron chi connectivity index (χ0n) is 10.7. The minimum atomic E-state index is -1.19. The molecule has 0 atom stereocenters. The van der Waals surface area contributed by atoms with Gasteiger partial charge < -0.3 is 0 Å². The van der Waals surface area contributed by atoms with Crippen molar-refractivity contribution in [1.82, 2.24) is 0 Å². The van der Waals surface area contributed by atoms with Crippen LogP contribution in [0.1, 0.15) is 20.8 Å². The molecular formula is C14H19BrSSi. The van der Waals surface area contributed by atoms with Gasteiger partial charge in [-0.3, -0.25) is 0 Å². The van der Waals surface area contributed by atoms with E-state index in [9.17, 15) is 0 Å². The van der Waals surface area contributed by atoms with Gasteiger partial charge in [0.2, 0.25) is 0 Å². The lowest BCUT2D eigenvalue weighted by Crippen LogP contribution is -2.43. The van der Waals surface area contributed by atoms with Crippen LogP contribution in [-0.4, -0.2) is 8.07 Å². The number of hydrogen-bond acceptors (Lipinski definition) is 1. The van der Waals surface area contributed by atoms with Crippen LogP contribution in [0.5, 0.6) is 0 Å². The number of hydrogen-bond donors (Lipinski definition) is 0. The Morgan fingerprint density at radius 2 is 1.71 bits per heavy atom. The fourth-order valence-electron chi connectivity index (χ4n) is 2.55. The SMILES string of the molecule is CC[Si](CC)(CC)c1cc2cc(Br)ccc2s1. The molecule has 0 bridgehead atoms. The summed E-state index contributed by atoms with van der Waals surface area (Å²) < 4.78 is 4.32. The molecule has 92 valence electrons. The third-order valence-electron chi connectivity index (χ3n) is 4.03. The second kappa shape index (κ2) is 5.25. The van der Waals surface area contributed by atoms with Crippen molar-refractivity contribution in [3.05, 3.63) is 28.7 Å². The first-order valence-corrected chi connectivity index (χ1v) is 10.6. The molecule has 1 aromatic carbocycles. The molecule has 0 saturated carbocycles. The molecule has 0 amide bonds. The number of fused-ring (bicyclic) bond motifs is 1. The zero-order valence-corrected chi connectivity index (χ0v) is 14.1. The minimum absolute atomic E-state index is 1.19. The van der Waals surface area contributed by atoms with Crippen molar-refractivity contribution in [2.45, 2.75) is 38.9 Å². The molecule has 1 heterocycles. The summed E-state index contributed by atoms with van der Waals surface area (Å²) in [7, 11) is -1.19. The average Bonchev–Trinajstić information content (AvgIpc) is 2.75. The fourth-order valence-corrected chi connectivity index (χ4v) is 9.22. The summed E-state index contributed by atoms with van der Waals surface area (Å²) in [5, 5.41) is 1.41. The van der Waals surface area contributed by atoms with Gasteiger partial charge in [0.15, 0.2) is 0 Å². The predicted octanol–water partition coefficient (Wildman–Crippen LogP) is 5.38. The van der Waals surface area contributed by atoms with Gasteiger partial charge in [-0.25, -0.2) is 0 Å². The van der Waals surface area contributed by atoms with Crippen LogP contribution in [0.4, 0.5) is 0 Å². The van der Waals surface area contributed by atoms with Gasteiger partial charge in [-0.1, -0.05) is 54.8 Å². The van der Waals surface area contributed by atoms with Crippen LogP contribution in [0.3, 0.4) is 0 Å². The van der Waals surface area contributed by atoms with Gasteiger partial charge in [0, 0.05) is 9.17 Å². The van der Waals surface area contributed by atoms with Crippen molar-refractivity contribution in [2.75, 3.05) is 0 Å². The van der Waals surface area contributed by atoms with Crippen LogP contribution in [0.2, 0.25) is 18.1 Å². The molecule has 0 saturated heterocycles. The molecule has 0 N–H and O–H groups in total. The highest BCUT2D eigenvalue weighted by Gasteiger charge is 2.30. The van der Waals surface area contributed by atoms with Crippen molar-refractivity contribution in [2.24, 2.45) is 0 Å². The monoisotopic (exact) mass is 326 g/mol. The Morgan fingerprint density at radius 1 is 1.06 bits per heavy atom. The summed E-state index contributed by atoms with van der Waals surface area (Å²) in [5.74, 6) is 0. The maximum absolute atomic E-state index is 3.56. The van der Waals surface area contributed by atoms with Crippen molar-refractivity contribution in [1.29, 1.82) is 0 Å². The van der Waals surface area contributed by atoms with Crippen LogP contribution in [-0.2, 0) is 0 Å². The molecule has 2 aromatic rings. The lowest BCUT2D eigenvalue weighted by atomic mass is 10.3. The standard InChI is InChI=1S/C14H19BrSSi/c1-4-17(5-2,6-3)14-10-11-9-12(15)7-8-13(11)16-14/h7-10H,4-6H2,1-3H3. The first kappa shape index (κ1) is 13.3. The van der Waals surface area contributed by atoms with Gasteiger partial charge in [-0.2, -0.15) is 0 Å². The molecular weight excluding hydrogens is 308 g/mol. The first-order chi connectivity index (χ1) is 8.15. The maximum atomic E-state index is 3.56. The summed E-state index contributed by atoms with van der Waals surface area (Å²) in [4.78, 5) is 0. The van der Waals surface area contributed by atoms with E-state index in [1.807, 2.05) is 11.3 Å². The lowest BCUT2D eigenvalue weighted by molar-refractivity contribution is 1.20. The van der Waals surface area contributed by atoms with E-state index in [-0.39, 0.29) is 0 Å². The number of benzene rings is 1. The molecule has 0 unspecified atom stereocenters. The van der Waals surface area contributed by atoms with Gasteiger partial charge >= 0.3 is 0 Å². The largest absolute Gasteiger partial charge is 0.145 e. The first-order valence-electron chi connectivity index (χ1n) is 6.34. The Hall–Kier alpha value is -0.123. The Morgan fingerprint density at radius 3 is 2.29 bits per heavy atom. The summed E-state index contributed by atoms with van der Waals surface area (Å²) in [6, 6.07) is 13.2. The Labute approximate surface area is 117 Å². The number of thiophene rings is 1. The molecule has 0 fully saturated rings. The molecule has 1 aromatic heterocycles. The van der Waals surface area contributed by atoms with Crippen molar-refractivity contribution in [3.8, 4) is 0 Å². The third kappa shape index (κ3) is 2.38. The molecule has 17 heavy (non-hydrogen) atoms. The van der Waals surface area contributed by atoms with Crippen LogP contribution < -0.4 is 4.50 Å². The van der Waals surface area contributed by atoms with E-state index >= 15 is 0 Å². The topological polar surface area (TPSA) is 0 Å². The van der Waals surface area contributed by atoms with E-state index in [4.69, 9.17) is 0 Å². The molecule has 0 aliphatic heterocycles. The van der Waals surface area contributed by atoms with Gasteiger partial charge in [-0.05, 0) is 34.2 Å². The van der Waals surface area contributed by atoms with Gasteiger partial charge in [-0.15, -0.1) is 11.3 Å². The minimum Gasteiger partial charge on any atom is -0.145 e. The van der Waals surface area contributed by atoms with E-state index < -0.39 is 8.07 Å². The van der Waals surface area contributed by atoms with E-state index in [2.05, 4.69) is 61.0 Å². The van der Waals surface area contributed by atoms with Gasteiger partial charge in [0.25, 0.3) is 0 Å². The molecule has 0 aliphatic rings. The molecule has 0 spiro atoms. The summed E-state index contributed by atoms with van der Waals surface area (Å²) in [6.45, 7) is 7.12. The third-order valence-corrected chi connectivity index (χ3v) is 12.3. The highest BCUT2D eigenvalue weighted by atomic mass is 79.9. The molecule has 3 heteroatoms. The second-order valence-corrected chi connectivity index (χ2v) is 12.2. The summed E-state index contributed by atoms with van der Waals surface area (Å²) in [5.41, 5.74) is 0. The van der Waals surface area contributed by atoms with Crippen LogP contribution >= 0.6 is 27.3 Å². The van der Waals surface area contributed by atoms with Crippen molar-refractivity contribution >= 4 is 49.9 Å². The Balaban J connectivity index is 2.55. The van der Waals surface area contributed by atoms with E-state index in [0.717, 1.165) is 0 Å². The van der Waals surface area contributed by atoms with Gasteiger partial charge in [0.1, 0.15) is 0 Å². The predicted molar refractivity (Wildman–Crippen MR) is 86.4 cm³/mol. The van der Waals surface area contributed by atoms with Gasteiger partial charge in [0.05, 0.1) is 8.07 Å². The van der Waals surface area contributed by atoms with Crippen LogP contribution in [0.15, 0.2) is 28.7 Å². The maximum Gasteiger partial charge on any atom is 0.0987 e. The Kier molecular flexibility index (Phi) is 4.11. The molecule has 0 radical (unpaired) electrons. The second-order valence-electron chi connectivity index (χ2n) is 4.63.